The van der Waals surface area contributed by atoms with Crippen LogP contribution in [0, 0.1) is 0 Å². The first-order chi connectivity index (χ1) is 13.9. The van der Waals surface area contributed by atoms with Gasteiger partial charge in [-0.1, -0.05) is 0 Å². The van der Waals surface area contributed by atoms with Crippen molar-refractivity contribution in [2.75, 3.05) is 26.4 Å². The molecular weight excluding hydrogens is 389 g/mol. The smallest absolute Gasteiger partial charge is 0.416 e. The quantitative estimate of drug-likeness (QED) is 0.716. The van der Waals surface area contributed by atoms with Crippen molar-refractivity contribution in [3.05, 3.63) is 53.6 Å². The molecule has 1 aromatic heterocycles. The zero-order chi connectivity index (χ0) is 20.4. The lowest BCUT2D eigenvalue weighted by atomic mass is 10.1. The Kier molecular flexibility index (Phi) is 5.25. The number of halogens is 3. The number of aromatic nitrogens is 1. The summed E-state index contributed by atoms with van der Waals surface area (Å²) in [5.41, 5.74) is 0.921. The molecule has 1 saturated heterocycles. The van der Waals surface area contributed by atoms with Crippen LogP contribution in [0.2, 0.25) is 0 Å². The van der Waals surface area contributed by atoms with Crippen molar-refractivity contribution in [3.63, 3.8) is 0 Å². The van der Waals surface area contributed by atoms with Gasteiger partial charge in [0.1, 0.15) is 5.52 Å². The molecule has 9 heteroatoms. The number of hydrogen-bond acceptors (Lipinski definition) is 5. The largest absolute Gasteiger partial charge is 0.436 e. The number of nitrogens with zero attached hydrogens (tertiary/aromatic N) is 1. The van der Waals surface area contributed by atoms with Crippen LogP contribution in [-0.4, -0.2) is 43.4 Å². The molecule has 1 aliphatic heterocycles. The first kappa shape index (κ1) is 19.4. The van der Waals surface area contributed by atoms with Gasteiger partial charge in [0, 0.05) is 17.7 Å². The number of nitrogens with one attached hydrogen (secondary N) is 1. The first-order valence-electron chi connectivity index (χ1n) is 8.96. The van der Waals surface area contributed by atoms with E-state index in [2.05, 4.69) is 10.3 Å². The molecule has 0 unspecified atom stereocenters. The zero-order valence-electron chi connectivity index (χ0n) is 15.2. The fourth-order valence-corrected chi connectivity index (χ4v) is 2.96. The van der Waals surface area contributed by atoms with Crippen LogP contribution in [0.25, 0.3) is 22.6 Å². The van der Waals surface area contributed by atoms with Gasteiger partial charge in [-0.3, -0.25) is 4.79 Å². The van der Waals surface area contributed by atoms with Crippen LogP contribution in [0.1, 0.15) is 15.9 Å². The van der Waals surface area contributed by atoms with Crippen molar-refractivity contribution in [2.24, 2.45) is 0 Å². The minimum absolute atomic E-state index is 0.180. The lowest BCUT2D eigenvalue weighted by Crippen LogP contribution is -2.39. The average Bonchev–Trinajstić information content (AvgIpc) is 3.15. The summed E-state index contributed by atoms with van der Waals surface area (Å²) in [5.74, 6) is -0.112. The van der Waals surface area contributed by atoms with Gasteiger partial charge in [0.25, 0.3) is 5.91 Å². The summed E-state index contributed by atoms with van der Waals surface area (Å²) in [7, 11) is 0. The summed E-state index contributed by atoms with van der Waals surface area (Å²) in [6.07, 6.45) is -4.59. The number of rotatable bonds is 4. The Bertz CT molecular complexity index is 1010. The SMILES string of the molecule is O=C(NC[C@@H]1COCCO1)c1ccc2oc(-c3ccc(C(F)(F)F)cc3)nc2c1. The highest BCUT2D eigenvalue weighted by molar-refractivity contribution is 5.97. The fourth-order valence-electron chi connectivity index (χ4n) is 2.96. The van der Waals surface area contributed by atoms with Crippen LogP contribution in [0.4, 0.5) is 13.2 Å². The van der Waals surface area contributed by atoms with Gasteiger partial charge in [-0.2, -0.15) is 13.2 Å². The van der Waals surface area contributed by atoms with Gasteiger partial charge in [-0.25, -0.2) is 4.98 Å². The molecule has 152 valence electrons. The van der Waals surface area contributed by atoms with E-state index in [1.54, 1.807) is 18.2 Å². The van der Waals surface area contributed by atoms with E-state index in [4.69, 9.17) is 13.9 Å². The molecule has 2 aromatic carbocycles. The second-order valence-electron chi connectivity index (χ2n) is 6.55. The number of fused-ring (bicyclic) bond motifs is 1. The Morgan fingerprint density at radius 1 is 1.14 bits per heavy atom. The van der Waals surface area contributed by atoms with E-state index in [0.717, 1.165) is 12.1 Å². The van der Waals surface area contributed by atoms with Gasteiger partial charge < -0.3 is 19.2 Å². The summed E-state index contributed by atoms with van der Waals surface area (Å²) in [6, 6.07) is 9.31. The van der Waals surface area contributed by atoms with E-state index in [1.165, 1.54) is 12.1 Å². The van der Waals surface area contributed by atoms with E-state index < -0.39 is 11.7 Å². The van der Waals surface area contributed by atoms with Crippen molar-refractivity contribution in [1.82, 2.24) is 10.3 Å². The van der Waals surface area contributed by atoms with Crippen LogP contribution in [0.15, 0.2) is 46.9 Å². The maximum Gasteiger partial charge on any atom is 0.416 e. The number of ether oxygens (including phenoxy) is 2. The number of hydrogen-bond donors (Lipinski definition) is 1. The lowest BCUT2D eigenvalue weighted by Gasteiger charge is -2.23. The third kappa shape index (κ3) is 4.41. The monoisotopic (exact) mass is 406 g/mol. The zero-order valence-corrected chi connectivity index (χ0v) is 15.2. The van der Waals surface area contributed by atoms with Crippen molar-refractivity contribution in [2.45, 2.75) is 12.3 Å². The summed E-state index contributed by atoms with van der Waals surface area (Å²) in [4.78, 5) is 16.7. The van der Waals surface area contributed by atoms with Gasteiger partial charge >= 0.3 is 6.18 Å². The number of amides is 1. The molecule has 1 fully saturated rings. The van der Waals surface area contributed by atoms with Gasteiger partial charge in [0.05, 0.1) is 31.5 Å². The minimum atomic E-state index is -4.41. The minimum Gasteiger partial charge on any atom is -0.436 e. The predicted octanol–water partition coefficient (Wildman–Crippen LogP) is 3.66. The van der Waals surface area contributed by atoms with Gasteiger partial charge in [0.15, 0.2) is 5.58 Å². The van der Waals surface area contributed by atoms with E-state index in [1.807, 2.05) is 0 Å². The molecule has 1 aliphatic rings. The molecule has 0 saturated carbocycles. The molecule has 3 aromatic rings. The van der Waals surface area contributed by atoms with Gasteiger partial charge in [-0.05, 0) is 42.5 Å². The van der Waals surface area contributed by atoms with E-state index in [9.17, 15) is 18.0 Å². The molecule has 1 N–H and O–H groups in total. The molecular formula is C20H17F3N2O4. The highest BCUT2D eigenvalue weighted by atomic mass is 19.4. The molecule has 0 spiro atoms. The van der Waals surface area contributed by atoms with E-state index >= 15 is 0 Å². The molecule has 29 heavy (non-hydrogen) atoms. The van der Waals surface area contributed by atoms with Crippen LogP contribution >= 0.6 is 0 Å². The molecule has 0 bridgehead atoms. The fraction of sp³-hybridized carbons (Fsp3) is 0.300. The molecule has 4 rings (SSSR count). The number of benzene rings is 2. The van der Waals surface area contributed by atoms with Crippen molar-refractivity contribution in [1.29, 1.82) is 0 Å². The molecule has 2 heterocycles. The number of alkyl halides is 3. The topological polar surface area (TPSA) is 73.6 Å². The molecule has 1 atom stereocenters. The van der Waals surface area contributed by atoms with Crippen molar-refractivity contribution in [3.8, 4) is 11.5 Å². The van der Waals surface area contributed by atoms with Crippen LogP contribution in [-0.2, 0) is 15.7 Å². The van der Waals surface area contributed by atoms with Crippen LogP contribution < -0.4 is 5.32 Å². The van der Waals surface area contributed by atoms with E-state index in [-0.39, 0.29) is 17.9 Å². The van der Waals surface area contributed by atoms with Gasteiger partial charge in [0.2, 0.25) is 5.89 Å². The molecule has 0 aliphatic carbocycles. The first-order valence-corrected chi connectivity index (χ1v) is 8.96. The van der Waals surface area contributed by atoms with Crippen LogP contribution in [0.3, 0.4) is 0 Å². The third-order valence-electron chi connectivity index (χ3n) is 4.48. The average molecular weight is 406 g/mol. The van der Waals surface area contributed by atoms with Crippen molar-refractivity contribution >= 4 is 17.0 Å². The summed E-state index contributed by atoms with van der Waals surface area (Å²) >= 11 is 0. The predicted molar refractivity (Wildman–Crippen MR) is 97.3 cm³/mol. The lowest BCUT2D eigenvalue weighted by molar-refractivity contribution is -0.137. The standard InChI is InChI=1S/C20H17F3N2O4/c21-20(22,23)14-4-1-12(2-5-14)19-25-16-9-13(3-6-17(16)29-19)18(26)24-10-15-11-27-7-8-28-15/h1-6,9,15H,7-8,10-11H2,(H,24,26)/t15-/m1/s1. The highest BCUT2D eigenvalue weighted by Gasteiger charge is 2.30. The molecule has 1 amide bonds. The second kappa shape index (κ2) is 7.84. The third-order valence-corrected chi connectivity index (χ3v) is 4.48. The summed E-state index contributed by atoms with van der Waals surface area (Å²) in [6.45, 7) is 1.80. The number of carbonyl (C=O) groups excluding carboxylic acids is 1. The Labute approximate surface area is 163 Å². The summed E-state index contributed by atoms with van der Waals surface area (Å²) in [5, 5.41) is 2.78. The Balaban J connectivity index is 1.49. The Morgan fingerprint density at radius 3 is 2.62 bits per heavy atom. The van der Waals surface area contributed by atoms with Crippen molar-refractivity contribution < 1.29 is 31.9 Å². The van der Waals surface area contributed by atoms with Gasteiger partial charge in [-0.15, -0.1) is 0 Å². The Hall–Kier alpha value is -2.91. The Morgan fingerprint density at radius 2 is 1.93 bits per heavy atom. The normalized spacial score (nSPS) is 17.4. The maximum atomic E-state index is 12.7. The molecule has 6 nitrogen and oxygen atoms in total. The van der Waals surface area contributed by atoms with Crippen LogP contribution in [0.5, 0.6) is 0 Å². The summed E-state index contributed by atoms with van der Waals surface area (Å²) < 4.78 is 54.5. The number of carbonyl (C=O) groups is 1. The second-order valence-corrected chi connectivity index (χ2v) is 6.55. The highest BCUT2D eigenvalue weighted by Crippen LogP contribution is 2.31. The number of oxazole rings is 1. The maximum absolute atomic E-state index is 12.7. The molecule has 0 radical (unpaired) electrons. The van der Waals surface area contributed by atoms with E-state index in [0.29, 0.717) is 48.6 Å².